The van der Waals surface area contributed by atoms with E-state index in [1.165, 1.54) is 18.4 Å². The minimum Gasteiger partial charge on any atom is -0.465 e. The van der Waals surface area contributed by atoms with Gasteiger partial charge >= 0.3 is 0 Å². The molecule has 1 saturated heterocycles. The zero-order valence-corrected chi connectivity index (χ0v) is 20.0. The number of nitrogens with zero attached hydrogens (tertiary/aromatic N) is 2. The van der Waals surface area contributed by atoms with Crippen molar-refractivity contribution in [1.29, 1.82) is 0 Å². The predicted molar refractivity (Wildman–Crippen MR) is 128 cm³/mol. The standard InChI is InChI=1S/C22H30N4O3.HI/c1-16-5-7-19(29-16)18(26-11-3-4-12-26)14-25-22(23-2)24-10-9-17-6-8-20-21(13-17)28-15-27-20;/h5-8,13,18H,3-4,9-12,14-15H2,1-2H3,(H2,23,24,25);1H. The van der Waals surface area contributed by atoms with Crippen molar-refractivity contribution in [1.82, 2.24) is 15.5 Å². The summed E-state index contributed by atoms with van der Waals surface area (Å²) in [4.78, 5) is 6.87. The zero-order valence-electron chi connectivity index (χ0n) is 17.6. The second kappa shape index (κ2) is 10.9. The Morgan fingerprint density at radius 2 is 1.90 bits per heavy atom. The molecule has 0 saturated carbocycles. The van der Waals surface area contributed by atoms with Crippen LogP contribution in [-0.2, 0) is 6.42 Å². The molecule has 1 aromatic heterocycles. The largest absolute Gasteiger partial charge is 0.465 e. The molecule has 7 nitrogen and oxygen atoms in total. The number of aryl methyl sites for hydroxylation is 1. The van der Waals surface area contributed by atoms with E-state index < -0.39 is 0 Å². The third-order valence-electron chi connectivity index (χ3n) is 5.50. The molecule has 1 unspecified atom stereocenters. The molecule has 0 radical (unpaired) electrons. The molecule has 30 heavy (non-hydrogen) atoms. The Balaban J connectivity index is 0.00000256. The molecule has 164 valence electrons. The molecule has 3 heterocycles. The normalized spacial score (nSPS) is 16.9. The van der Waals surface area contributed by atoms with Gasteiger partial charge in [-0.25, -0.2) is 0 Å². The Labute approximate surface area is 195 Å². The second-order valence-corrected chi connectivity index (χ2v) is 7.52. The molecule has 2 aliphatic rings. The van der Waals surface area contributed by atoms with E-state index in [0.29, 0.717) is 6.79 Å². The quantitative estimate of drug-likeness (QED) is 0.327. The number of hydrogen-bond acceptors (Lipinski definition) is 5. The van der Waals surface area contributed by atoms with E-state index >= 15 is 0 Å². The van der Waals surface area contributed by atoms with Gasteiger partial charge in [0.1, 0.15) is 11.5 Å². The second-order valence-electron chi connectivity index (χ2n) is 7.52. The molecule has 1 fully saturated rings. The summed E-state index contributed by atoms with van der Waals surface area (Å²) >= 11 is 0. The summed E-state index contributed by atoms with van der Waals surface area (Å²) in [7, 11) is 1.80. The summed E-state index contributed by atoms with van der Waals surface area (Å²) in [5.74, 6) is 4.42. The van der Waals surface area contributed by atoms with Crippen molar-refractivity contribution in [3.05, 3.63) is 47.4 Å². The minimum atomic E-state index is 0. The number of likely N-dealkylation sites (tertiary alicyclic amines) is 1. The van der Waals surface area contributed by atoms with Crippen LogP contribution >= 0.6 is 24.0 Å². The van der Waals surface area contributed by atoms with Crippen LogP contribution in [0.4, 0.5) is 0 Å². The van der Waals surface area contributed by atoms with Gasteiger partial charge < -0.3 is 24.5 Å². The molecule has 2 aliphatic heterocycles. The van der Waals surface area contributed by atoms with Gasteiger partial charge in [0.15, 0.2) is 17.5 Å². The fourth-order valence-corrected chi connectivity index (χ4v) is 3.93. The van der Waals surface area contributed by atoms with Crippen molar-refractivity contribution in [2.45, 2.75) is 32.2 Å². The molecule has 2 aromatic rings. The van der Waals surface area contributed by atoms with Crippen molar-refractivity contribution >= 4 is 29.9 Å². The van der Waals surface area contributed by atoms with E-state index in [4.69, 9.17) is 13.9 Å². The lowest BCUT2D eigenvalue weighted by molar-refractivity contribution is 0.174. The lowest BCUT2D eigenvalue weighted by Gasteiger charge is -2.26. The van der Waals surface area contributed by atoms with Gasteiger partial charge in [0.25, 0.3) is 0 Å². The fourth-order valence-electron chi connectivity index (χ4n) is 3.93. The highest BCUT2D eigenvalue weighted by Crippen LogP contribution is 2.32. The number of rotatable bonds is 7. The van der Waals surface area contributed by atoms with Gasteiger partial charge in [0.2, 0.25) is 6.79 Å². The highest BCUT2D eigenvalue weighted by atomic mass is 127. The average molecular weight is 526 g/mol. The number of guanidine groups is 1. The lowest BCUT2D eigenvalue weighted by Crippen LogP contribution is -2.43. The number of nitrogens with one attached hydrogen (secondary N) is 2. The highest BCUT2D eigenvalue weighted by molar-refractivity contribution is 14.0. The van der Waals surface area contributed by atoms with Crippen molar-refractivity contribution in [3.63, 3.8) is 0 Å². The molecule has 4 rings (SSSR count). The number of halogens is 1. The third-order valence-corrected chi connectivity index (χ3v) is 5.50. The summed E-state index contributed by atoms with van der Waals surface area (Å²) < 4.78 is 16.8. The van der Waals surface area contributed by atoms with E-state index in [2.05, 4.69) is 32.7 Å². The van der Waals surface area contributed by atoms with E-state index in [0.717, 1.165) is 61.6 Å². The summed E-state index contributed by atoms with van der Waals surface area (Å²) in [5, 5.41) is 6.88. The van der Waals surface area contributed by atoms with Crippen LogP contribution in [0.25, 0.3) is 0 Å². The number of fused-ring (bicyclic) bond motifs is 1. The first-order valence-corrected chi connectivity index (χ1v) is 10.4. The first-order chi connectivity index (χ1) is 14.2. The van der Waals surface area contributed by atoms with Crippen LogP contribution in [0.3, 0.4) is 0 Å². The van der Waals surface area contributed by atoms with Crippen LogP contribution in [0.2, 0.25) is 0 Å². The van der Waals surface area contributed by atoms with Gasteiger partial charge in [-0.3, -0.25) is 9.89 Å². The number of furan rings is 1. The molecule has 8 heteroatoms. The smallest absolute Gasteiger partial charge is 0.231 e. The first-order valence-electron chi connectivity index (χ1n) is 10.4. The molecule has 0 amide bonds. The van der Waals surface area contributed by atoms with Crippen molar-refractivity contribution in [2.75, 3.05) is 40.0 Å². The number of benzene rings is 1. The maximum atomic E-state index is 5.94. The van der Waals surface area contributed by atoms with Crippen molar-refractivity contribution in [3.8, 4) is 11.5 Å². The molecular formula is C22H31IN4O3. The van der Waals surface area contributed by atoms with Crippen LogP contribution in [0.15, 0.2) is 39.7 Å². The monoisotopic (exact) mass is 526 g/mol. The average Bonchev–Trinajstić information content (AvgIpc) is 3.49. The number of ether oxygens (including phenoxy) is 2. The summed E-state index contributed by atoms with van der Waals surface area (Å²) in [5.41, 5.74) is 1.21. The molecule has 1 atom stereocenters. The van der Waals surface area contributed by atoms with Crippen LogP contribution in [0.5, 0.6) is 11.5 Å². The van der Waals surface area contributed by atoms with Crippen molar-refractivity contribution in [2.24, 2.45) is 4.99 Å². The Kier molecular flexibility index (Phi) is 8.26. The first kappa shape index (κ1) is 22.7. The molecular weight excluding hydrogens is 495 g/mol. The van der Waals surface area contributed by atoms with Gasteiger partial charge in [0.05, 0.1) is 6.04 Å². The third kappa shape index (κ3) is 5.60. The summed E-state index contributed by atoms with van der Waals surface area (Å²) in [6.45, 7) is 6.07. The Bertz CT molecular complexity index is 849. The molecule has 2 N–H and O–H groups in total. The van der Waals surface area contributed by atoms with Gasteiger partial charge in [-0.15, -0.1) is 24.0 Å². The number of hydrogen-bond donors (Lipinski definition) is 2. The maximum absolute atomic E-state index is 5.94. The van der Waals surface area contributed by atoms with Crippen LogP contribution in [-0.4, -0.2) is 50.9 Å². The van der Waals surface area contributed by atoms with E-state index in [1.54, 1.807) is 7.05 Å². The van der Waals surface area contributed by atoms with Gasteiger partial charge in [-0.05, 0) is 69.1 Å². The molecule has 0 bridgehead atoms. The van der Waals surface area contributed by atoms with Gasteiger partial charge in [-0.2, -0.15) is 0 Å². The Morgan fingerprint density at radius 1 is 1.10 bits per heavy atom. The van der Waals surface area contributed by atoms with Crippen molar-refractivity contribution < 1.29 is 13.9 Å². The molecule has 1 aromatic carbocycles. The van der Waals surface area contributed by atoms with E-state index in [1.807, 2.05) is 25.1 Å². The van der Waals surface area contributed by atoms with Crippen LogP contribution in [0, 0.1) is 6.92 Å². The van der Waals surface area contributed by atoms with Gasteiger partial charge in [0, 0.05) is 20.1 Å². The van der Waals surface area contributed by atoms with E-state index in [9.17, 15) is 0 Å². The topological polar surface area (TPSA) is 71.3 Å². The van der Waals surface area contributed by atoms with Crippen LogP contribution < -0.4 is 20.1 Å². The minimum absolute atomic E-state index is 0. The predicted octanol–water partition coefficient (Wildman–Crippen LogP) is 3.48. The van der Waals surface area contributed by atoms with E-state index in [-0.39, 0.29) is 30.0 Å². The Morgan fingerprint density at radius 3 is 2.63 bits per heavy atom. The molecule has 0 aliphatic carbocycles. The maximum Gasteiger partial charge on any atom is 0.231 e. The van der Waals surface area contributed by atoms with Crippen LogP contribution in [0.1, 0.15) is 36.0 Å². The zero-order chi connectivity index (χ0) is 20.1. The Hall–Kier alpha value is -1.94. The van der Waals surface area contributed by atoms with Gasteiger partial charge in [-0.1, -0.05) is 6.07 Å². The summed E-state index contributed by atoms with van der Waals surface area (Å²) in [6, 6.07) is 10.4. The molecule has 0 spiro atoms. The lowest BCUT2D eigenvalue weighted by atomic mass is 10.1. The summed E-state index contributed by atoms with van der Waals surface area (Å²) in [6.07, 6.45) is 3.38. The number of aliphatic imine (C=N–C) groups is 1. The SMILES string of the molecule is CN=C(NCCc1ccc2c(c1)OCO2)NCC(c1ccc(C)o1)N1CCCC1.I. The fraction of sp³-hybridized carbons (Fsp3) is 0.500. The highest BCUT2D eigenvalue weighted by Gasteiger charge is 2.26.